The van der Waals surface area contributed by atoms with Gasteiger partial charge in [-0.2, -0.15) is 4.98 Å². The van der Waals surface area contributed by atoms with Crippen LogP contribution >= 0.6 is 0 Å². The second-order valence-electron chi connectivity index (χ2n) is 4.99. The van der Waals surface area contributed by atoms with Crippen LogP contribution in [0.15, 0.2) is 28.8 Å². The average molecular weight is 290 g/mol. The van der Waals surface area contributed by atoms with Gasteiger partial charge in [0, 0.05) is 5.56 Å². The van der Waals surface area contributed by atoms with Crippen LogP contribution in [0.5, 0.6) is 5.75 Å². The van der Waals surface area contributed by atoms with E-state index in [1.807, 2.05) is 31.2 Å². The maximum Gasteiger partial charge on any atom is 0.258 e. The van der Waals surface area contributed by atoms with E-state index >= 15 is 0 Å². The summed E-state index contributed by atoms with van der Waals surface area (Å²) in [5.74, 6) is 1.59. The minimum absolute atomic E-state index is 0.343. The Bertz CT molecular complexity index is 537. The Morgan fingerprint density at radius 3 is 2.62 bits per heavy atom. The van der Waals surface area contributed by atoms with Crippen LogP contribution in [0.3, 0.4) is 0 Å². The summed E-state index contributed by atoms with van der Waals surface area (Å²) in [6, 6.07) is 7.53. The molecule has 2 aromatic rings. The molecule has 1 heterocycles. The second-order valence-corrected chi connectivity index (χ2v) is 4.99. The molecule has 114 valence electrons. The van der Waals surface area contributed by atoms with Crippen LogP contribution < -0.4 is 4.74 Å². The maximum atomic E-state index is 9.84. The topological polar surface area (TPSA) is 68.4 Å². The Hall–Kier alpha value is -1.88. The fourth-order valence-electron chi connectivity index (χ4n) is 1.92. The van der Waals surface area contributed by atoms with E-state index in [9.17, 15) is 5.11 Å². The van der Waals surface area contributed by atoms with Crippen LogP contribution in [-0.2, 0) is 0 Å². The molecule has 0 radical (unpaired) electrons. The van der Waals surface area contributed by atoms with Crippen molar-refractivity contribution in [2.45, 2.75) is 45.6 Å². The minimum atomic E-state index is -0.663. The highest BCUT2D eigenvalue weighted by Crippen LogP contribution is 2.23. The molecule has 0 saturated carbocycles. The molecule has 1 atom stereocenters. The number of hydrogen-bond acceptors (Lipinski definition) is 5. The van der Waals surface area contributed by atoms with Gasteiger partial charge in [-0.3, -0.25) is 0 Å². The number of aliphatic hydroxyl groups is 1. The molecule has 0 aliphatic heterocycles. The van der Waals surface area contributed by atoms with E-state index < -0.39 is 6.10 Å². The van der Waals surface area contributed by atoms with E-state index in [1.165, 1.54) is 0 Å². The standard InChI is InChI=1S/C16H22N2O3/c1-3-5-11-20-13-9-7-12(8-10-13)16-17-15(18-21-16)14(19)6-4-2/h7-10,14,19H,3-6,11H2,1-2H3. The van der Waals surface area contributed by atoms with Crippen LogP contribution in [-0.4, -0.2) is 21.9 Å². The summed E-state index contributed by atoms with van der Waals surface area (Å²) in [6.45, 7) is 4.86. The number of hydrogen-bond donors (Lipinski definition) is 1. The summed E-state index contributed by atoms with van der Waals surface area (Å²) >= 11 is 0. The van der Waals surface area contributed by atoms with Crippen LogP contribution in [0.25, 0.3) is 11.5 Å². The normalized spacial score (nSPS) is 12.3. The summed E-state index contributed by atoms with van der Waals surface area (Å²) in [7, 11) is 0. The van der Waals surface area contributed by atoms with E-state index in [4.69, 9.17) is 9.26 Å². The van der Waals surface area contributed by atoms with E-state index in [2.05, 4.69) is 17.1 Å². The number of benzene rings is 1. The van der Waals surface area contributed by atoms with Gasteiger partial charge in [0.05, 0.1) is 6.61 Å². The van der Waals surface area contributed by atoms with Crippen molar-refractivity contribution in [1.29, 1.82) is 0 Å². The highest BCUT2D eigenvalue weighted by atomic mass is 16.5. The second kappa shape index (κ2) is 7.78. The fraction of sp³-hybridized carbons (Fsp3) is 0.500. The van der Waals surface area contributed by atoms with Crippen molar-refractivity contribution in [1.82, 2.24) is 10.1 Å². The summed E-state index contributed by atoms with van der Waals surface area (Å²) in [4.78, 5) is 4.24. The third kappa shape index (κ3) is 4.29. The number of aromatic nitrogens is 2. The highest BCUT2D eigenvalue weighted by Gasteiger charge is 2.15. The molecule has 2 rings (SSSR count). The largest absolute Gasteiger partial charge is 0.494 e. The number of ether oxygens (including phenoxy) is 1. The first kappa shape index (κ1) is 15.5. The molecule has 0 bridgehead atoms. The molecule has 1 aromatic heterocycles. The van der Waals surface area contributed by atoms with Gasteiger partial charge in [-0.05, 0) is 37.1 Å². The quantitative estimate of drug-likeness (QED) is 0.750. The fourth-order valence-corrected chi connectivity index (χ4v) is 1.92. The molecular formula is C16H22N2O3. The molecule has 5 heteroatoms. The van der Waals surface area contributed by atoms with Gasteiger partial charge in [0.2, 0.25) is 5.82 Å². The molecule has 1 unspecified atom stereocenters. The monoisotopic (exact) mass is 290 g/mol. The van der Waals surface area contributed by atoms with Gasteiger partial charge >= 0.3 is 0 Å². The van der Waals surface area contributed by atoms with E-state index in [0.29, 0.717) is 18.1 Å². The Labute approximate surface area is 125 Å². The molecule has 21 heavy (non-hydrogen) atoms. The molecule has 1 aromatic carbocycles. The molecule has 0 saturated heterocycles. The van der Waals surface area contributed by atoms with Crippen molar-refractivity contribution >= 4 is 0 Å². The molecule has 5 nitrogen and oxygen atoms in total. The SMILES string of the molecule is CCCCOc1ccc(-c2nc(C(O)CCC)no2)cc1. The zero-order valence-electron chi connectivity index (χ0n) is 12.6. The Morgan fingerprint density at radius 2 is 1.95 bits per heavy atom. The van der Waals surface area contributed by atoms with Crippen LogP contribution in [0.4, 0.5) is 0 Å². The predicted octanol–water partition coefficient (Wildman–Crippen LogP) is 3.75. The molecule has 0 amide bonds. The van der Waals surface area contributed by atoms with Gasteiger partial charge in [0.25, 0.3) is 5.89 Å². The lowest BCUT2D eigenvalue weighted by atomic mass is 10.2. The third-order valence-corrected chi connectivity index (χ3v) is 3.17. The number of unbranched alkanes of at least 4 members (excludes halogenated alkanes) is 1. The first-order valence-corrected chi connectivity index (χ1v) is 7.49. The van der Waals surface area contributed by atoms with Crippen LogP contribution in [0, 0.1) is 0 Å². The van der Waals surface area contributed by atoms with Crippen molar-refractivity contribution in [3.63, 3.8) is 0 Å². The minimum Gasteiger partial charge on any atom is -0.494 e. The predicted molar refractivity (Wildman–Crippen MR) is 80.0 cm³/mol. The first-order chi connectivity index (χ1) is 10.2. The van der Waals surface area contributed by atoms with Crippen LogP contribution in [0.2, 0.25) is 0 Å². The van der Waals surface area contributed by atoms with Gasteiger partial charge < -0.3 is 14.4 Å². The number of rotatable bonds is 8. The molecule has 1 N–H and O–H groups in total. The first-order valence-electron chi connectivity index (χ1n) is 7.49. The summed E-state index contributed by atoms with van der Waals surface area (Å²) in [5.41, 5.74) is 0.820. The van der Waals surface area contributed by atoms with Crippen molar-refractivity contribution in [2.75, 3.05) is 6.61 Å². The third-order valence-electron chi connectivity index (χ3n) is 3.17. The van der Waals surface area contributed by atoms with Gasteiger partial charge in [-0.15, -0.1) is 0 Å². The maximum absolute atomic E-state index is 9.84. The number of aliphatic hydroxyl groups excluding tert-OH is 1. The molecule has 0 fully saturated rings. The van der Waals surface area contributed by atoms with Gasteiger partial charge in [0.15, 0.2) is 0 Å². The van der Waals surface area contributed by atoms with E-state index in [0.717, 1.165) is 37.2 Å². The van der Waals surface area contributed by atoms with E-state index in [-0.39, 0.29) is 0 Å². The van der Waals surface area contributed by atoms with Crippen molar-refractivity contribution in [3.05, 3.63) is 30.1 Å². The summed E-state index contributed by atoms with van der Waals surface area (Å²) in [5, 5.41) is 13.7. The average Bonchev–Trinajstić information content (AvgIpc) is 2.98. The summed E-state index contributed by atoms with van der Waals surface area (Å²) < 4.78 is 10.8. The van der Waals surface area contributed by atoms with E-state index in [1.54, 1.807) is 0 Å². The lowest BCUT2D eigenvalue weighted by Crippen LogP contribution is -1.98. The van der Waals surface area contributed by atoms with Crippen molar-refractivity contribution in [3.8, 4) is 17.2 Å². The van der Waals surface area contributed by atoms with Gasteiger partial charge in [-0.1, -0.05) is 31.8 Å². The molecular weight excluding hydrogens is 268 g/mol. The summed E-state index contributed by atoms with van der Waals surface area (Å²) in [6.07, 6.45) is 2.99. The molecule has 0 aliphatic rings. The van der Waals surface area contributed by atoms with Crippen LogP contribution in [0.1, 0.15) is 51.5 Å². The lowest BCUT2D eigenvalue weighted by molar-refractivity contribution is 0.153. The molecule has 0 spiro atoms. The zero-order valence-corrected chi connectivity index (χ0v) is 12.6. The van der Waals surface area contributed by atoms with Crippen molar-refractivity contribution in [2.24, 2.45) is 0 Å². The zero-order chi connectivity index (χ0) is 15.1. The Kier molecular flexibility index (Phi) is 5.75. The van der Waals surface area contributed by atoms with Gasteiger partial charge in [0.1, 0.15) is 11.9 Å². The molecule has 0 aliphatic carbocycles. The lowest BCUT2D eigenvalue weighted by Gasteiger charge is -2.05. The highest BCUT2D eigenvalue weighted by molar-refractivity contribution is 5.54. The Balaban J connectivity index is 2.01. The van der Waals surface area contributed by atoms with Gasteiger partial charge in [-0.25, -0.2) is 0 Å². The van der Waals surface area contributed by atoms with Crippen molar-refractivity contribution < 1.29 is 14.4 Å². The number of nitrogens with zero attached hydrogens (tertiary/aromatic N) is 2. The smallest absolute Gasteiger partial charge is 0.258 e. The Morgan fingerprint density at radius 1 is 1.19 bits per heavy atom.